The minimum atomic E-state index is -1.05. The van der Waals surface area contributed by atoms with Crippen molar-refractivity contribution in [2.75, 3.05) is 12.4 Å². The van der Waals surface area contributed by atoms with Crippen LogP contribution in [0.5, 0.6) is 11.5 Å². The number of amides is 1. The zero-order valence-electron chi connectivity index (χ0n) is 13.7. The molecule has 0 aliphatic rings. The molecular formula is C18H19NO5. The van der Waals surface area contributed by atoms with Gasteiger partial charge in [0.2, 0.25) is 0 Å². The Hall–Kier alpha value is -3.02. The van der Waals surface area contributed by atoms with Gasteiger partial charge in [-0.3, -0.25) is 4.79 Å². The number of carboxylic acids is 1. The SMILES string of the molecule is COc1ccc(C)cc1NC(=O)c1ccc(OC(C)C(=O)O)cc1. The van der Waals surface area contributed by atoms with Crippen LogP contribution in [0.3, 0.4) is 0 Å². The summed E-state index contributed by atoms with van der Waals surface area (Å²) in [6, 6.07) is 11.8. The first-order valence-electron chi connectivity index (χ1n) is 7.36. The molecule has 0 saturated carbocycles. The molecule has 24 heavy (non-hydrogen) atoms. The normalized spacial score (nSPS) is 11.5. The lowest BCUT2D eigenvalue weighted by atomic mass is 10.1. The van der Waals surface area contributed by atoms with Crippen LogP contribution in [0.1, 0.15) is 22.8 Å². The van der Waals surface area contributed by atoms with Crippen molar-refractivity contribution in [3.05, 3.63) is 53.6 Å². The summed E-state index contributed by atoms with van der Waals surface area (Å²) in [6.07, 6.45) is -0.957. The number of carbonyl (C=O) groups excluding carboxylic acids is 1. The molecule has 2 rings (SSSR count). The first-order valence-corrected chi connectivity index (χ1v) is 7.36. The van der Waals surface area contributed by atoms with Crippen molar-refractivity contribution < 1.29 is 24.2 Å². The number of methoxy groups -OCH3 is 1. The van der Waals surface area contributed by atoms with Gasteiger partial charge >= 0.3 is 5.97 Å². The van der Waals surface area contributed by atoms with Crippen molar-refractivity contribution in [2.24, 2.45) is 0 Å². The highest BCUT2D eigenvalue weighted by molar-refractivity contribution is 6.05. The van der Waals surface area contributed by atoms with Crippen molar-refractivity contribution in [3.8, 4) is 11.5 Å². The van der Waals surface area contributed by atoms with Crippen molar-refractivity contribution in [1.29, 1.82) is 0 Å². The first-order chi connectivity index (χ1) is 11.4. The van der Waals surface area contributed by atoms with Crippen molar-refractivity contribution in [3.63, 3.8) is 0 Å². The predicted octanol–water partition coefficient (Wildman–Crippen LogP) is 3.11. The average molecular weight is 329 g/mol. The quantitative estimate of drug-likeness (QED) is 0.850. The lowest BCUT2D eigenvalue weighted by Gasteiger charge is -2.12. The molecule has 0 aliphatic heterocycles. The van der Waals surface area contributed by atoms with E-state index in [-0.39, 0.29) is 5.91 Å². The Morgan fingerprint density at radius 2 is 1.79 bits per heavy atom. The van der Waals surface area contributed by atoms with Gasteiger partial charge in [0, 0.05) is 5.56 Å². The molecule has 0 saturated heterocycles. The van der Waals surface area contributed by atoms with E-state index >= 15 is 0 Å². The topological polar surface area (TPSA) is 84.9 Å². The minimum absolute atomic E-state index is 0.295. The van der Waals surface area contributed by atoms with Crippen LogP contribution in [0.25, 0.3) is 0 Å². The van der Waals surface area contributed by atoms with Crippen molar-refractivity contribution in [2.45, 2.75) is 20.0 Å². The van der Waals surface area contributed by atoms with E-state index in [1.807, 2.05) is 19.1 Å². The standard InChI is InChI=1S/C18H19NO5/c1-11-4-9-16(23-3)15(10-11)19-17(20)13-5-7-14(8-6-13)24-12(2)18(21)22/h4-10,12H,1-3H3,(H,19,20)(H,21,22). The number of hydrogen-bond donors (Lipinski definition) is 2. The molecule has 126 valence electrons. The molecule has 0 aliphatic carbocycles. The van der Waals surface area contributed by atoms with E-state index in [9.17, 15) is 9.59 Å². The van der Waals surface area contributed by atoms with Gasteiger partial charge in [0.05, 0.1) is 12.8 Å². The number of nitrogens with one attached hydrogen (secondary N) is 1. The number of benzene rings is 2. The van der Waals surface area contributed by atoms with Gasteiger partial charge in [0.1, 0.15) is 11.5 Å². The number of aliphatic carboxylic acids is 1. The van der Waals surface area contributed by atoms with Crippen LogP contribution in [-0.4, -0.2) is 30.2 Å². The number of carbonyl (C=O) groups is 2. The largest absolute Gasteiger partial charge is 0.495 e. The number of aryl methyl sites for hydroxylation is 1. The second-order valence-electron chi connectivity index (χ2n) is 5.28. The molecule has 1 unspecified atom stereocenters. The number of rotatable bonds is 6. The van der Waals surface area contributed by atoms with Gasteiger partial charge in [-0.05, 0) is 55.8 Å². The van der Waals surface area contributed by atoms with Gasteiger partial charge in [-0.1, -0.05) is 6.07 Å². The molecule has 0 bridgehead atoms. The molecule has 0 fully saturated rings. The van der Waals surface area contributed by atoms with E-state index in [2.05, 4.69) is 5.32 Å². The van der Waals surface area contributed by atoms with Crippen LogP contribution in [-0.2, 0) is 4.79 Å². The highest BCUT2D eigenvalue weighted by Crippen LogP contribution is 2.26. The zero-order chi connectivity index (χ0) is 17.7. The molecule has 2 N–H and O–H groups in total. The van der Waals surface area contributed by atoms with Crippen molar-refractivity contribution >= 4 is 17.6 Å². The second-order valence-corrected chi connectivity index (χ2v) is 5.28. The van der Waals surface area contributed by atoms with Crippen LogP contribution < -0.4 is 14.8 Å². The fourth-order valence-corrected chi connectivity index (χ4v) is 2.05. The molecule has 0 spiro atoms. The van der Waals surface area contributed by atoms with E-state index in [0.717, 1.165) is 5.56 Å². The highest BCUT2D eigenvalue weighted by Gasteiger charge is 2.14. The number of carboxylic acid groups (broad SMARTS) is 1. The Bertz CT molecular complexity index is 740. The van der Waals surface area contributed by atoms with Gasteiger partial charge in [-0.2, -0.15) is 0 Å². The molecule has 6 nitrogen and oxygen atoms in total. The monoisotopic (exact) mass is 329 g/mol. The van der Waals surface area contributed by atoms with E-state index in [4.69, 9.17) is 14.6 Å². The third kappa shape index (κ3) is 4.25. The van der Waals surface area contributed by atoms with Crippen LogP contribution in [0.15, 0.2) is 42.5 Å². The van der Waals surface area contributed by atoms with E-state index in [1.54, 1.807) is 30.3 Å². The maximum absolute atomic E-state index is 12.3. The lowest BCUT2D eigenvalue weighted by molar-refractivity contribution is -0.144. The van der Waals surface area contributed by atoms with E-state index in [0.29, 0.717) is 22.7 Å². The number of anilines is 1. The lowest BCUT2D eigenvalue weighted by Crippen LogP contribution is -2.22. The Kier molecular flexibility index (Phi) is 5.42. The molecule has 2 aromatic rings. The van der Waals surface area contributed by atoms with Gasteiger partial charge in [0.15, 0.2) is 6.10 Å². The Morgan fingerprint density at radius 1 is 1.12 bits per heavy atom. The molecule has 1 amide bonds. The molecule has 6 heteroatoms. The molecule has 1 atom stereocenters. The molecule has 0 radical (unpaired) electrons. The third-order valence-corrected chi connectivity index (χ3v) is 3.38. The fraction of sp³-hybridized carbons (Fsp3) is 0.222. The summed E-state index contributed by atoms with van der Waals surface area (Å²) in [5, 5.41) is 11.6. The molecular weight excluding hydrogens is 310 g/mol. The summed E-state index contributed by atoms with van der Waals surface area (Å²) in [5.41, 5.74) is 2.01. The van der Waals surface area contributed by atoms with Crippen LogP contribution >= 0.6 is 0 Å². The minimum Gasteiger partial charge on any atom is -0.495 e. The molecule has 0 heterocycles. The van der Waals surface area contributed by atoms with Crippen LogP contribution in [0.2, 0.25) is 0 Å². The maximum atomic E-state index is 12.3. The summed E-state index contributed by atoms with van der Waals surface area (Å²) in [5.74, 6) is -0.390. The third-order valence-electron chi connectivity index (χ3n) is 3.38. The van der Waals surface area contributed by atoms with E-state index < -0.39 is 12.1 Å². The van der Waals surface area contributed by atoms with Gasteiger partial charge in [-0.15, -0.1) is 0 Å². The van der Waals surface area contributed by atoms with Crippen LogP contribution in [0.4, 0.5) is 5.69 Å². The zero-order valence-corrected chi connectivity index (χ0v) is 13.7. The Balaban J connectivity index is 2.10. The number of ether oxygens (including phenoxy) is 2. The summed E-state index contributed by atoms with van der Waals surface area (Å²) < 4.78 is 10.5. The van der Waals surface area contributed by atoms with Gasteiger partial charge in [0.25, 0.3) is 5.91 Å². The highest BCUT2D eigenvalue weighted by atomic mass is 16.5. The Labute approximate surface area is 140 Å². The van der Waals surface area contributed by atoms with Crippen molar-refractivity contribution in [1.82, 2.24) is 0 Å². The average Bonchev–Trinajstić information content (AvgIpc) is 2.55. The summed E-state index contributed by atoms with van der Waals surface area (Å²) in [6.45, 7) is 3.36. The van der Waals surface area contributed by atoms with Crippen LogP contribution in [0, 0.1) is 6.92 Å². The second kappa shape index (κ2) is 7.50. The van der Waals surface area contributed by atoms with Gasteiger partial charge in [-0.25, -0.2) is 4.79 Å². The molecule has 2 aromatic carbocycles. The molecule has 0 aromatic heterocycles. The maximum Gasteiger partial charge on any atom is 0.344 e. The smallest absolute Gasteiger partial charge is 0.344 e. The fourth-order valence-electron chi connectivity index (χ4n) is 2.05. The predicted molar refractivity (Wildman–Crippen MR) is 89.9 cm³/mol. The summed E-state index contributed by atoms with van der Waals surface area (Å²) >= 11 is 0. The number of hydrogen-bond acceptors (Lipinski definition) is 4. The Morgan fingerprint density at radius 3 is 2.38 bits per heavy atom. The summed E-state index contributed by atoms with van der Waals surface area (Å²) in [7, 11) is 1.54. The summed E-state index contributed by atoms with van der Waals surface area (Å²) in [4.78, 5) is 23.1. The first kappa shape index (κ1) is 17.3. The van der Waals surface area contributed by atoms with Gasteiger partial charge < -0.3 is 19.9 Å². The van der Waals surface area contributed by atoms with E-state index in [1.165, 1.54) is 14.0 Å².